The summed E-state index contributed by atoms with van der Waals surface area (Å²) in [7, 11) is 0. The summed E-state index contributed by atoms with van der Waals surface area (Å²) in [5.41, 5.74) is -0.0594. The van der Waals surface area contributed by atoms with Crippen molar-refractivity contribution < 1.29 is 9.63 Å². The van der Waals surface area contributed by atoms with Crippen LogP contribution >= 0.6 is 0 Å². The first-order chi connectivity index (χ1) is 5.00. The van der Waals surface area contributed by atoms with Crippen LogP contribution in [0.2, 0.25) is 0 Å². The summed E-state index contributed by atoms with van der Waals surface area (Å²) in [5.74, 6) is -0.105. The van der Waals surface area contributed by atoms with Crippen molar-refractivity contribution >= 4 is 5.97 Å². The van der Waals surface area contributed by atoms with Gasteiger partial charge in [0.25, 0.3) is 0 Å². The maximum atomic E-state index is 10.9. The van der Waals surface area contributed by atoms with Gasteiger partial charge < -0.3 is 4.84 Å². The summed E-state index contributed by atoms with van der Waals surface area (Å²) in [6, 6.07) is 0. The smallest absolute Gasteiger partial charge is 0.325 e. The predicted molar refractivity (Wildman–Crippen MR) is 41.8 cm³/mol. The molecule has 0 aromatic heterocycles. The van der Waals surface area contributed by atoms with Crippen LogP contribution in [0.3, 0.4) is 0 Å². The fourth-order valence-electron chi connectivity index (χ4n) is 1.05. The Morgan fingerprint density at radius 2 is 2.09 bits per heavy atom. The summed E-state index contributed by atoms with van der Waals surface area (Å²) < 4.78 is 0. The van der Waals surface area contributed by atoms with Gasteiger partial charge >= 0.3 is 5.97 Å². The van der Waals surface area contributed by atoms with Crippen LogP contribution in [0.1, 0.15) is 33.6 Å². The molecule has 0 aromatic carbocycles. The van der Waals surface area contributed by atoms with E-state index in [1.54, 1.807) is 5.06 Å². The zero-order valence-electron chi connectivity index (χ0n) is 7.39. The molecule has 64 valence electrons. The minimum Gasteiger partial charge on any atom is -0.367 e. The van der Waals surface area contributed by atoms with Gasteiger partial charge in [0.2, 0.25) is 0 Å². The maximum Gasteiger partial charge on any atom is 0.325 e. The van der Waals surface area contributed by atoms with Crippen LogP contribution in [0.5, 0.6) is 0 Å². The monoisotopic (exact) mass is 157 g/mol. The van der Waals surface area contributed by atoms with Gasteiger partial charge in [-0.2, -0.15) is 0 Å². The van der Waals surface area contributed by atoms with Crippen LogP contribution < -0.4 is 0 Å². The molecule has 1 aliphatic rings. The molecule has 0 amide bonds. The van der Waals surface area contributed by atoms with Crippen molar-refractivity contribution in [1.29, 1.82) is 0 Å². The molecule has 0 atom stereocenters. The number of rotatable bonds is 0. The molecule has 0 N–H and O–H groups in total. The van der Waals surface area contributed by atoms with Gasteiger partial charge in [0.15, 0.2) is 0 Å². The predicted octanol–water partition coefficient (Wildman–Crippen LogP) is 1.34. The fourth-order valence-corrected chi connectivity index (χ4v) is 1.05. The molecule has 1 saturated heterocycles. The molecule has 0 saturated carbocycles. The van der Waals surface area contributed by atoms with Gasteiger partial charge in [0, 0.05) is 18.5 Å². The van der Waals surface area contributed by atoms with Gasteiger partial charge in [-0.3, -0.25) is 4.79 Å². The maximum absolute atomic E-state index is 10.9. The second kappa shape index (κ2) is 2.81. The molecule has 0 aliphatic carbocycles. The highest BCUT2D eigenvalue weighted by Crippen LogP contribution is 2.18. The minimum absolute atomic E-state index is 0.0594. The van der Waals surface area contributed by atoms with Gasteiger partial charge in [0.05, 0.1) is 0 Å². The Morgan fingerprint density at radius 1 is 1.45 bits per heavy atom. The Balaban J connectivity index is 2.53. The highest BCUT2D eigenvalue weighted by atomic mass is 16.7. The topological polar surface area (TPSA) is 29.5 Å². The second-order valence-corrected chi connectivity index (χ2v) is 3.84. The molecule has 3 nitrogen and oxygen atoms in total. The van der Waals surface area contributed by atoms with E-state index in [2.05, 4.69) is 0 Å². The molecule has 1 rings (SSSR count). The number of hydrogen-bond donors (Lipinski definition) is 0. The normalized spacial score (nSPS) is 21.5. The number of carbonyl (C=O) groups is 1. The van der Waals surface area contributed by atoms with E-state index in [-0.39, 0.29) is 11.5 Å². The lowest BCUT2D eigenvalue weighted by atomic mass is 10.1. The fraction of sp³-hybridized carbons (Fsp3) is 0.875. The molecule has 1 heterocycles. The third-order valence-corrected chi connectivity index (χ3v) is 1.70. The summed E-state index contributed by atoms with van der Waals surface area (Å²) in [6.07, 6.45) is 1.47. The first-order valence-electron chi connectivity index (χ1n) is 3.98. The van der Waals surface area contributed by atoms with E-state index in [1.807, 2.05) is 20.8 Å². The van der Waals surface area contributed by atoms with Crippen molar-refractivity contribution in [3.05, 3.63) is 0 Å². The molecule has 0 radical (unpaired) electrons. The average Bonchev–Trinajstić information content (AvgIpc) is 1.86. The molecule has 11 heavy (non-hydrogen) atoms. The summed E-state index contributed by atoms with van der Waals surface area (Å²) in [4.78, 5) is 15.9. The lowest BCUT2D eigenvalue weighted by molar-refractivity contribution is -0.225. The Kier molecular flexibility index (Phi) is 2.18. The van der Waals surface area contributed by atoms with Crippen LogP contribution in [0.25, 0.3) is 0 Å². The molecule has 1 fully saturated rings. The molecule has 0 spiro atoms. The van der Waals surface area contributed by atoms with Crippen LogP contribution in [0.15, 0.2) is 0 Å². The first kappa shape index (κ1) is 8.53. The van der Waals surface area contributed by atoms with Crippen LogP contribution in [0, 0.1) is 0 Å². The Morgan fingerprint density at radius 3 is 2.45 bits per heavy atom. The molecule has 3 heteroatoms. The zero-order valence-corrected chi connectivity index (χ0v) is 7.39. The van der Waals surface area contributed by atoms with Crippen molar-refractivity contribution in [1.82, 2.24) is 5.06 Å². The van der Waals surface area contributed by atoms with Crippen molar-refractivity contribution in [3.63, 3.8) is 0 Å². The van der Waals surface area contributed by atoms with E-state index in [1.165, 1.54) is 0 Å². The summed E-state index contributed by atoms with van der Waals surface area (Å²) in [6.45, 7) is 6.96. The van der Waals surface area contributed by atoms with E-state index >= 15 is 0 Å². The highest BCUT2D eigenvalue weighted by Gasteiger charge is 2.28. The molecular weight excluding hydrogens is 142 g/mol. The first-order valence-corrected chi connectivity index (χ1v) is 3.98. The Labute approximate surface area is 67.3 Å². The second-order valence-electron chi connectivity index (χ2n) is 3.84. The lowest BCUT2D eigenvalue weighted by Gasteiger charge is -2.35. The number of nitrogens with zero attached hydrogens (tertiary/aromatic N) is 1. The van der Waals surface area contributed by atoms with Gasteiger partial charge in [-0.15, -0.1) is 5.06 Å². The number of hydrogen-bond acceptors (Lipinski definition) is 3. The van der Waals surface area contributed by atoms with Crippen molar-refractivity contribution in [2.75, 3.05) is 6.54 Å². The minimum atomic E-state index is -0.105. The number of hydroxylamine groups is 2. The average molecular weight is 157 g/mol. The van der Waals surface area contributed by atoms with Crippen molar-refractivity contribution in [2.24, 2.45) is 0 Å². The van der Waals surface area contributed by atoms with Crippen LogP contribution in [-0.4, -0.2) is 23.1 Å². The molecule has 0 aromatic rings. The summed E-state index contributed by atoms with van der Waals surface area (Å²) >= 11 is 0. The Bertz CT molecular complexity index is 160. The van der Waals surface area contributed by atoms with Gasteiger partial charge in [-0.1, -0.05) is 0 Å². The number of carbonyl (C=O) groups excluding carboxylic acids is 1. The van der Waals surface area contributed by atoms with E-state index in [9.17, 15) is 4.79 Å². The van der Waals surface area contributed by atoms with Crippen molar-refractivity contribution in [3.8, 4) is 0 Å². The third-order valence-electron chi connectivity index (χ3n) is 1.70. The standard InChI is InChI=1S/C8H15NO2/c1-8(2,3)9-6-4-5-7(10)11-9/h4-6H2,1-3H3. The summed E-state index contributed by atoms with van der Waals surface area (Å²) in [5, 5.41) is 1.75. The van der Waals surface area contributed by atoms with Crippen LogP contribution in [-0.2, 0) is 9.63 Å². The van der Waals surface area contributed by atoms with E-state index < -0.39 is 0 Å². The van der Waals surface area contributed by atoms with Crippen LogP contribution in [0.4, 0.5) is 0 Å². The lowest BCUT2D eigenvalue weighted by Crippen LogP contribution is -2.45. The Hall–Kier alpha value is -0.570. The highest BCUT2D eigenvalue weighted by molar-refractivity contribution is 5.69. The van der Waals surface area contributed by atoms with E-state index in [4.69, 9.17) is 4.84 Å². The molecule has 0 bridgehead atoms. The zero-order chi connectivity index (χ0) is 8.48. The quantitative estimate of drug-likeness (QED) is 0.531. The largest absolute Gasteiger partial charge is 0.367 e. The molecular formula is C8H15NO2. The van der Waals surface area contributed by atoms with E-state index in [0.29, 0.717) is 6.42 Å². The van der Waals surface area contributed by atoms with Gasteiger partial charge in [-0.05, 0) is 27.2 Å². The van der Waals surface area contributed by atoms with E-state index in [0.717, 1.165) is 13.0 Å². The van der Waals surface area contributed by atoms with Gasteiger partial charge in [-0.25, -0.2) is 0 Å². The van der Waals surface area contributed by atoms with Gasteiger partial charge in [0.1, 0.15) is 0 Å². The van der Waals surface area contributed by atoms with Crippen molar-refractivity contribution in [2.45, 2.75) is 39.2 Å². The SMILES string of the molecule is CC(C)(C)N1CCCC(=O)O1. The third kappa shape index (κ3) is 2.19. The molecule has 1 aliphatic heterocycles. The molecule has 0 unspecified atom stereocenters.